The third kappa shape index (κ3) is 6.79. The maximum absolute atomic E-state index is 12.0. The number of carbonyl (C=O) groups is 2. The molecule has 5 heteroatoms. The molecule has 0 aliphatic heterocycles. The molecule has 1 aromatic rings. The average Bonchev–Trinajstić information content (AvgIpc) is 2.43. The lowest BCUT2D eigenvalue weighted by atomic mass is 10.1. The average molecular weight is 293 g/mol. The van der Waals surface area contributed by atoms with Gasteiger partial charge >= 0.3 is 5.97 Å². The van der Waals surface area contributed by atoms with Gasteiger partial charge in [-0.15, -0.1) is 0 Å². The second-order valence-corrected chi connectivity index (χ2v) is 5.54. The van der Waals surface area contributed by atoms with E-state index in [0.29, 0.717) is 24.5 Å². The summed E-state index contributed by atoms with van der Waals surface area (Å²) in [5.74, 6) is 0.119. The van der Waals surface area contributed by atoms with Crippen molar-refractivity contribution in [1.82, 2.24) is 5.32 Å². The third-order valence-electron chi connectivity index (χ3n) is 2.87. The lowest BCUT2D eigenvalue weighted by molar-refractivity contribution is -0.137. The van der Waals surface area contributed by atoms with Gasteiger partial charge in [-0.2, -0.15) is 0 Å². The summed E-state index contributed by atoms with van der Waals surface area (Å²) in [6.07, 6.45) is 0.458. The van der Waals surface area contributed by atoms with Crippen LogP contribution in [0.4, 0.5) is 0 Å². The van der Waals surface area contributed by atoms with Crippen LogP contribution in [0.5, 0.6) is 5.75 Å². The van der Waals surface area contributed by atoms with Crippen molar-refractivity contribution in [2.75, 3.05) is 6.61 Å². The Morgan fingerprint density at radius 3 is 2.33 bits per heavy atom. The molecule has 5 nitrogen and oxygen atoms in total. The van der Waals surface area contributed by atoms with Gasteiger partial charge in [-0.25, -0.2) is 0 Å². The molecule has 1 aromatic carbocycles. The van der Waals surface area contributed by atoms with E-state index in [0.717, 1.165) is 5.75 Å². The van der Waals surface area contributed by atoms with E-state index in [9.17, 15) is 9.59 Å². The number of nitrogens with one attached hydrogen (secondary N) is 1. The highest BCUT2D eigenvalue weighted by Gasteiger charge is 2.11. The van der Waals surface area contributed by atoms with Crippen molar-refractivity contribution in [1.29, 1.82) is 0 Å². The SMILES string of the molecule is CC(C)COc1ccc(C(=O)NC(C)CCC(=O)O)cc1. The number of hydrogen-bond donors (Lipinski definition) is 2. The molecule has 0 heterocycles. The van der Waals surface area contributed by atoms with Crippen LogP contribution in [0.1, 0.15) is 44.0 Å². The minimum atomic E-state index is -0.859. The van der Waals surface area contributed by atoms with Crippen LogP contribution in [0, 0.1) is 5.92 Å². The summed E-state index contributed by atoms with van der Waals surface area (Å²) in [6, 6.07) is 6.76. The van der Waals surface area contributed by atoms with Crippen LogP contribution in [-0.4, -0.2) is 29.6 Å². The van der Waals surface area contributed by atoms with Gasteiger partial charge in [-0.05, 0) is 43.5 Å². The normalized spacial score (nSPS) is 12.0. The molecule has 0 saturated carbocycles. The topological polar surface area (TPSA) is 75.6 Å². The first-order chi connectivity index (χ1) is 9.88. The van der Waals surface area contributed by atoms with E-state index >= 15 is 0 Å². The minimum Gasteiger partial charge on any atom is -0.493 e. The van der Waals surface area contributed by atoms with Crippen molar-refractivity contribution in [3.63, 3.8) is 0 Å². The third-order valence-corrected chi connectivity index (χ3v) is 2.87. The zero-order chi connectivity index (χ0) is 15.8. The maximum Gasteiger partial charge on any atom is 0.303 e. The predicted molar refractivity (Wildman–Crippen MR) is 80.6 cm³/mol. The molecule has 0 radical (unpaired) electrons. The number of aliphatic carboxylic acids is 1. The first kappa shape index (κ1) is 17.0. The van der Waals surface area contributed by atoms with E-state index in [1.807, 2.05) is 0 Å². The van der Waals surface area contributed by atoms with Crippen LogP contribution < -0.4 is 10.1 Å². The molecule has 0 fully saturated rings. The molecule has 1 rings (SSSR count). The Balaban J connectivity index is 2.49. The number of rotatable bonds is 8. The fourth-order valence-electron chi connectivity index (χ4n) is 1.68. The summed E-state index contributed by atoms with van der Waals surface area (Å²) in [5.41, 5.74) is 0.536. The van der Waals surface area contributed by atoms with Crippen LogP contribution in [-0.2, 0) is 4.79 Å². The van der Waals surface area contributed by atoms with Crippen molar-refractivity contribution >= 4 is 11.9 Å². The van der Waals surface area contributed by atoms with E-state index in [1.165, 1.54) is 0 Å². The fourth-order valence-corrected chi connectivity index (χ4v) is 1.68. The van der Waals surface area contributed by atoms with Gasteiger partial charge in [-0.3, -0.25) is 9.59 Å². The van der Waals surface area contributed by atoms with Gasteiger partial charge in [0, 0.05) is 18.0 Å². The Morgan fingerprint density at radius 1 is 1.19 bits per heavy atom. The van der Waals surface area contributed by atoms with Gasteiger partial charge in [-0.1, -0.05) is 13.8 Å². The van der Waals surface area contributed by atoms with Crippen molar-refractivity contribution in [3.8, 4) is 5.75 Å². The Bertz CT molecular complexity index is 468. The largest absolute Gasteiger partial charge is 0.493 e. The number of carboxylic acids is 1. The summed E-state index contributed by atoms with van der Waals surface area (Å²) in [7, 11) is 0. The predicted octanol–water partition coefficient (Wildman–Crippen LogP) is 2.70. The lowest BCUT2D eigenvalue weighted by Crippen LogP contribution is -2.32. The Kier molecular flexibility index (Phi) is 6.72. The first-order valence-electron chi connectivity index (χ1n) is 7.14. The first-order valence-corrected chi connectivity index (χ1v) is 7.14. The number of ether oxygens (including phenoxy) is 1. The van der Waals surface area contributed by atoms with Crippen LogP contribution in [0.15, 0.2) is 24.3 Å². The zero-order valence-corrected chi connectivity index (χ0v) is 12.8. The molecule has 0 aliphatic carbocycles. The van der Waals surface area contributed by atoms with E-state index in [4.69, 9.17) is 9.84 Å². The summed E-state index contributed by atoms with van der Waals surface area (Å²) in [6.45, 7) is 6.57. The van der Waals surface area contributed by atoms with Gasteiger partial charge in [0.25, 0.3) is 5.91 Å². The molecule has 1 amide bonds. The summed E-state index contributed by atoms with van der Waals surface area (Å²) < 4.78 is 5.55. The molecule has 1 atom stereocenters. The highest BCUT2D eigenvalue weighted by Crippen LogP contribution is 2.13. The zero-order valence-electron chi connectivity index (χ0n) is 12.8. The standard InChI is InChI=1S/C16H23NO4/c1-11(2)10-21-14-7-5-13(6-8-14)16(20)17-12(3)4-9-15(18)19/h5-8,11-12H,4,9-10H2,1-3H3,(H,17,20)(H,18,19). The van der Waals surface area contributed by atoms with Crippen molar-refractivity contribution in [2.24, 2.45) is 5.92 Å². The number of carboxylic acid groups (broad SMARTS) is 1. The van der Waals surface area contributed by atoms with Crippen LogP contribution in [0.25, 0.3) is 0 Å². The second-order valence-electron chi connectivity index (χ2n) is 5.54. The van der Waals surface area contributed by atoms with Crippen LogP contribution >= 0.6 is 0 Å². The maximum atomic E-state index is 12.0. The van der Waals surface area contributed by atoms with Gasteiger partial charge in [0.05, 0.1) is 6.61 Å². The molecule has 0 bridgehead atoms. The van der Waals surface area contributed by atoms with Gasteiger partial charge in [0.2, 0.25) is 0 Å². The van der Waals surface area contributed by atoms with Crippen molar-refractivity contribution in [3.05, 3.63) is 29.8 Å². The molecule has 116 valence electrons. The summed E-state index contributed by atoms with van der Waals surface area (Å²) >= 11 is 0. The van der Waals surface area contributed by atoms with E-state index in [2.05, 4.69) is 19.2 Å². The second kappa shape index (κ2) is 8.29. The smallest absolute Gasteiger partial charge is 0.303 e. The highest BCUT2D eigenvalue weighted by atomic mass is 16.5. The number of hydrogen-bond acceptors (Lipinski definition) is 3. The van der Waals surface area contributed by atoms with Crippen LogP contribution in [0.3, 0.4) is 0 Å². The summed E-state index contributed by atoms with van der Waals surface area (Å²) in [4.78, 5) is 22.5. The van der Waals surface area contributed by atoms with Crippen molar-refractivity contribution < 1.29 is 19.4 Å². The van der Waals surface area contributed by atoms with Gasteiger partial charge in [0.1, 0.15) is 5.75 Å². The number of amides is 1. The van der Waals surface area contributed by atoms with Gasteiger partial charge < -0.3 is 15.2 Å². The molecular formula is C16H23NO4. The minimum absolute atomic E-state index is 0.0451. The van der Waals surface area contributed by atoms with Crippen molar-refractivity contribution in [2.45, 2.75) is 39.7 Å². The van der Waals surface area contributed by atoms with E-state index in [1.54, 1.807) is 31.2 Å². The molecular weight excluding hydrogens is 270 g/mol. The van der Waals surface area contributed by atoms with E-state index < -0.39 is 5.97 Å². The van der Waals surface area contributed by atoms with E-state index in [-0.39, 0.29) is 18.4 Å². The Morgan fingerprint density at radius 2 is 1.81 bits per heavy atom. The van der Waals surface area contributed by atoms with Crippen LogP contribution in [0.2, 0.25) is 0 Å². The molecule has 0 aliphatic rings. The number of benzene rings is 1. The molecule has 1 unspecified atom stereocenters. The monoisotopic (exact) mass is 293 g/mol. The highest BCUT2D eigenvalue weighted by molar-refractivity contribution is 5.94. The quantitative estimate of drug-likeness (QED) is 0.772. The van der Waals surface area contributed by atoms with Gasteiger partial charge in [0.15, 0.2) is 0 Å². The Labute approximate surface area is 125 Å². The molecule has 0 spiro atoms. The molecule has 0 aromatic heterocycles. The molecule has 2 N–H and O–H groups in total. The molecule has 21 heavy (non-hydrogen) atoms. The fraction of sp³-hybridized carbons (Fsp3) is 0.500. The Hall–Kier alpha value is -2.04. The lowest BCUT2D eigenvalue weighted by Gasteiger charge is -2.13. The molecule has 0 saturated heterocycles. The summed E-state index contributed by atoms with van der Waals surface area (Å²) in [5, 5.41) is 11.4. The number of carbonyl (C=O) groups excluding carboxylic acids is 1.